The maximum absolute atomic E-state index is 13.3. The topological polar surface area (TPSA) is 108 Å². The van der Waals surface area contributed by atoms with Crippen LogP contribution in [0.2, 0.25) is 0 Å². The highest BCUT2D eigenvalue weighted by Gasteiger charge is 2.44. The summed E-state index contributed by atoms with van der Waals surface area (Å²) in [6.45, 7) is 0. The first kappa shape index (κ1) is 27.8. The molecular weight excluding hydrogens is 631 g/mol. The third-order valence-electron chi connectivity index (χ3n) is 5.10. The van der Waals surface area contributed by atoms with Gasteiger partial charge in [0.2, 0.25) is 11.8 Å². The Morgan fingerprint density at radius 2 is 1.89 bits per heavy atom. The Balaban J connectivity index is 1.90. The van der Waals surface area contributed by atoms with Crippen molar-refractivity contribution >= 4 is 67.1 Å². The van der Waals surface area contributed by atoms with Gasteiger partial charge in [0, 0.05) is 14.9 Å². The first-order valence-corrected chi connectivity index (χ1v) is 12.6. The van der Waals surface area contributed by atoms with Crippen LogP contribution in [0.1, 0.15) is 17.0 Å². The number of methoxy groups -OCH3 is 1. The van der Waals surface area contributed by atoms with Crippen molar-refractivity contribution in [2.75, 3.05) is 18.2 Å². The molecule has 0 aliphatic carbocycles. The van der Waals surface area contributed by atoms with Crippen LogP contribution in [0.15, 0.2) is 62.0 Å². The van der Waals surface area contributed by atoms with Crippen LogP contribution < -0.4 is 10.6 Å². The van der Waals surface area contributed by atoms with Crippen LogP contribution >= 0.6 is 43.6 Å². The number of thioether (sulfide) groups is 1. The number of esters is 1. The van der Waals surface area contributed by atoms with Crippen LogP contribution in [0.25, 0.3) is 0 Å². The van der Waals surface area contributed by atoms with E-state index in [9.17, 15) is 32.8 Å². The SMILES string of the molecule is COC(=O)[C@H]1C(=O)NC(SCC(=O)Nc2ccc(Br)cc2C(F)(F)F)=C(C#N)[C@@H]1c1cccc(Br)c1. The van der Waals surface area contributed by atoms with E-state index in [1.54, 1.807) is 24.3 Å². The Kier molecular flexibility index (Phi) is 8.86. The van der Waals surface area contributed by atoms with Gasteiger partial charge in [0.05, 0.1) is 40.8 Å². The Labute approximate surface area is 224 Å². The molecule has 2 atom stereocenters. The van der Waals surface area contributed by atoms with E-state index in [1.165, 1.54) is 6.07 Å². The van der Waals surface area contributed by atoms with E-state index in [0.717, 1.165) is 31.0 Å². The minimum absolute atomic E-state index is 0.0144. The van der Waals surface area contributed by atoms with Crippen LogP contribution in [-0.4, -0.2) is 30.6 Å². The summed E-state index contributed by atoms with van der Waals surface area (Å²) < 4.78 is 45.7. The fourth-order valence-electron chi connectivity index (χ4n) is 3.56. The van der Waals surface area contributed by atoms with E-state index >= 15 is 0 Å². The molecule has 0 unspecified atom stereocenters. The van der Waals surface area contributed by atoms with Crippen molar-refractivity contribution in [1.82, 2.24) is 5.32 Å². The summed E-state index contributed by atoms with van der Waals surface area (Å²) >= 11 is 7.06. The lowest BCUT2D eigenvalue weighted by Crippen LogP contribution is -2.44. The number of halogens is 5. The lowest BCUT2D eigenvalue weighted by atomic mass is 9.78. The molecule has 2 aromatic carbocycles. The number of alkyl halides is 3. The lowest BCUT2D eigenvalue weighted by Gasteiger charge is -2.31. The summed E-state index contributed by atoms with van der Waals surface area (Å²) in [5.41, 5.74) is -0.969. The number of carbonyl (C=O) groups excluding carboxylic acids is 3. The maximum Gasteiger partial charge on any atom is 0.418 e. The summed E-state index contributed by atoms with van der Waals surface area (Å²) in [6, 6.07) is 12.0. The molecule has 0 saturated carbocycles. The number of nitrogens with one attached hydrogen (secondary N) is 2. The molecule has 2 N–H and O–H groups in total. The molecule has 0 fully saturated rings. The third kappa shape index (κ3) is 6.29. The molecule has 1 aliphatic heterocycles. The van der Waals surface area contributed by atoms with Gasteiger partial charge in [-0.3, -0.25) is 14.4 Å². The van der Waals surface area contributed by atoms with E-state index in [4.69, 9.17) is 4.74 Å². The summed E-state index contributed by atoms with van der Waals surface area (Å²) in [5, 5.41) is 14.6. The van der Waals surface area contributed by atoms with Gasteiger partial charge in [-0.2, -0.15) is 18.4 Å². The quantitative estimate of drug-likeness (QED) is 0.324. The highest BCUT2D eigenvalue weighted by molar-refractivity contribution is 9.10. The molecule has 0 aromatic heterocycles. The number of carbonyl (C=O) groups is 3. The Morgan fingerprint density at radius 3 is 2.50 bits per heavy atom. The molecule has 1 heterocycles. The van der Waals surface area contributed by atoms with Crippen LogP contribution in [0, 0.1) is 17.2 Å². The zero-order valence-electron chi connectivity index (χ0n) is 18.3. The standard InChI is InChI=1S/C23H16Br2F3N3O4S/c1-35-22(34)19-18(11-3-2-4-12(24)7-11)14(9-29)21(31-20(19)33)36-10-17(32)30-16-6-5-13(25)8-15(16)23(26,27)28/h2-8,18-19H,10H2,1H3,(H,30,32)(H,31,33)/t18-,19+/m0/s1. The molecule has 0 saturated heterocycles. The molecule has 13 heteroatoms. The van der Waals surface area contributed by atoms with Crippen molar-refractivity contribution < 1.29 is 32.3 Å². The second kappa shape index (κ2) is 11.5. The minimum atomic E-state index is -4.70. The van der Waals surface area contributed by atoms with Crippen molar-refractivity contribution in [1.29, 1.82) is 5.26 Å². The van der Waals surface area contributed by atoms with Gasteiger partial charge in [-0.1, -0.05) is 55.8 Å². The van der Waals surface area contributed by atoms with Crippen LogP contribution in [0.4, 0.5) is 18.9 Å². The Hall–Kier alpha value is -2.82. The number of ether oxygens (including phenoxy) is 1. The monoisotopic (exact) mass is 645 g/mol. The van der Waals surface area contributed by atoms with Crippen molar-refractivity contribution in [3.63, 3.8) is 0 Å². The minimum Gasteiger partial charge on any atom is -0.468 e. The van der Waals surface area contributed by atoms with E-state index in [0.29, 0.717) is 10.0 Å². The lowest BCUT2D eigenvalue weighted by molar-refractivity contribution is -0.150. The molecule has 188 valence electrons. The zero-order valence-corrected chi connectivity index (χ0v) is 22.3. The number of anilines is 1. The normalized spacial score (nSPS) is 17.8. The highest BCUT2D eigenvalue weighted by atomic mass is 79.9. The Morgan fingerprint density at radius 1 is 1.19 bits per heavy atom. The fourth-order valence-corrected chi connectivity index (χ4v) is 5.19. The van der Waals surface area contributed by atoms with E-state index in [2.05, 4.69) is 42.5 Å². The average Bonchev–Trinajstić information content (AvgIpc) is 2.82. The number of rotatable bonds is 6. The third-order valence-corrected chi connectivity index (χ3v) is 7.10. The molecule has 3 rings (SSSR count). The second-order valence-electron chi connectivity index (χ2n) is 7.40. The van der Waals surface area contributed by atoms with E-state index in [1.807, 2.05) is 6.07 Å². The van der Waals surface area contributed by atoms with Gasteiger partial charge < -0.3 is 15.4 Å². The number of hydrogen-bond donors (Lipinski definition) is 2. The van der Waals surface area contributed by atoms with Gasteiger partial charge >= 0.3 is 12.1 Å². The molecule has 0 radical (unpaired) electrons. The van der Waals surface area contributed by atoms with Crippen LogP contribution in [0.5, 0.6) is 0 Å². The summed E-state index contributed by atoms with van der Waals surface area (Å²) in [7, 11) is 1.12. The molecule has 7 nitrogen and oxygen atoms in total. The second-order valence-corrected chi connectivity index (χ2v) is 10.2. The molecule has 2 amide bonds. The van der Waals surface area contributed by atoms with Crippen molar-refractivity contribution in [3.05, 3.63) is 73.1 Å². The highest BCUT2D eigenvalue weighted by Crippen LogP contribution is 2.41. The number of amides is 2. The van der Waals surface area contributed by atoms with Gasteiger partial charge in [-0.05, 0) is 35.9 Å². The molecular formula is C23H16Br2F3N3O4S. The Bertz CT molecular complexity index is 1290. The number of benzene rings is 2. The number of nitrogens with zero attached hydrogens (tertiary/aromatic N) is 1. The predicted molar refractivity (Wildman–Crippen MR) is 133 cm³/mol. The van der Waals surface area contributed by atoms with Crippen LogP contribution in [0.3, 0.4) is 0 Å². The number of nitriles is 1. The smallest absolute Gasteiger partial charge is 0.418 e. The van der Waals surface area contributed by atoms with Gasteiger partial charge in [-0.25, -0.2) is 0 Å². The molecule has 0 bridgehead atoms. The van der Waals surface area contributed by atoms with Gasteiger partial charge in [0.15, 0.2) is 0 Å². The van der Waals surface area contributed by atoms with E-state index < -0.39 is 52.8 Å². The molecule has 2 aromatic rings. The largest absolute Gasteiger partial charge is 0.468 e. The number of allylic oxidation sites excluding steroid dienone is 1. The van der Waals surface area contributed by atoms with Crippen molar-refractivity contribution in [3.8, 4) is 6.07 Å². The summed E-state index contributed by atoms with van der Waals surface area (Å²) in [4.78, 5) is 37.8. The van der Waals surface area contributed by atoms with Gasteiger partial charge in [-0.15, -0.1) is 0 Å². The first-order chi connectivity index (χ1) is 17.0. The van der Waals surface area contributed by atoms with Crippen LogP contribution in [-0.2, 0) is 25.3 Å². The molecule has 0 spiro atoms. The molecule has 36 heavy (non-hydrogen) atoms. The average molecular weight is 647 g/mol. The van der Waals surface area contributed by atoms with Gasteiger partial charge in [0.25, 0.3) is 0 Å². The van der Waals surface area contributed by atoms with E-state index in [-0.39, 0.29) is 15.1 Å². The molecule has 1 aliphatic rings. The number of hydrogen-bond acceptors (Lipinski definition) is 6. The summed E-state index contributed by atoms with van der Waals surface area (Å²) in [5.74, 6) is -5.14. The zero-order chi connectivity index (χ0) is 26.6. The van der Waals surface area contributed by atoms with Crippen molar-refractivity contribution in [2.45, 2.75) is 12.1 Å². The van der Waals surface area contributed by atoms with Crippen molar-refractivity contribution in [2.24, 2.45) is 5.92 Å². The maximum atomic E-state index is 13.3. The first-order valence-electron chi connectivity index (χ1n) is 10.0. The fraction of sp³-hybridized carbons (Fsp3) is 0.217. The van der Waals surface area contributed by atoms with Gasteiger partial charge in [0.1, 0.15) is 5.92 Å². The summed E-state index contributed by atoms with van der Waals surface area (Å²) in [6.07, 6.45) is -4.70. The predicted octanol–water partition coefficient (Wildman–Crippen LogP) is 5.34.